The minimum Gasteiger partial charge on any atom is -0.0587 e. The fraction of sp³-hybridized carbons (Fsp3) is 0.412. The smallest absolute Gasteiger partial charge is 0.00122 e. The molecule has 0 saturated heterocycles. The van der Waals surface area contributed by atoms with Crippen molar-refractivity contribution in [3.05, 3.63) is 52.0 Å². The molecule has 2 atom stereocenters. The Morgan fingerprint density at radius 3 is 2.33 bits per heavy atom. The lowest BCUT2D eigenvalue weighted by Crippen LogP contribution is -2.23. The normalized spacial score (nSPS) is 27.2. The van der Waals surface area contributed by atoms with Gasteiger partial charge in [0.2, 0.25) is 0 Å². The topological polar surface area (TPSA) is 0 Å². The molecule has 3 rings (SSSR count). The lowest BCUT2D eigenvalue weighted by molar-refractivity contribution is 0.341. The van der Waals surface area contributed by atoms with Crippen LogP contribution >= 0.6 is 15.9 Å². The first kappa shape index (κ1) is 12.2. The summed E-state index contributed by atoms with van der Waals surface area (Å²) in [7, 11) is 0. The van der Waals surface area contributed by atoms with E-state index in [9.17, 15) is 0 Å². The van der Waals surface area contributed by atoms with Crippen molar-refractivity contribution in [3.63, 3.8) is 0 Å². The SMILES string of the molecule is Cc1ccc(C2=CC=C(Br)C3CCCC[C@H]23)cc1. The zero-order valence-corrected chi connectivity index (χ0v) is 12.4. The zero-order valence-electron chi connectivity index (χ0n) is 10.8. The van der Waals surface area contributed by atoms with E-state index in [0.29, 0.717) is 0 Å². The first-order chi connectivity index (χ1) is 8.75. The molecule has 0 N–H and O–H groups in total. The van der Waals surface area contributed by atoms with Crippen LogP contribution in [0.3, 0.4) is 0 Å². The molecule has 2 aliphatic carbocycles. The molecule has 1 aromatic carbocycles. The summed E-state index contributed by atoms with van der Waals surface area (Å²) in [5, 5.41) is 0. The van der Waals surface area contributed by atoms with E-state index in [1.54, 1.807) is 5.57 Å². The minimum absolute atomic E-state index is 0.722. The third-order valence-corrected chi connectivity index (χ3v) is 5.18. The molecule has 1 unspecified atom stereocenters. The van der Waals surface area contributed by atoms with Gasteiger partial charge in [-0.1, -0.05) is 70.8 Å². The van der Waals surface area contributed by atoms with Crippen LogP contribution in [0.15, 0.2) is 40.9 Å². The highest BCUT2D eigenvalue weighted by Gasteiger charge is 2.32. The van der Waals surface area contributed by atoms with Gasteiger partial charge in [-0.3, -0.25) is 0 Å². The van der Waals surface area contributed by atoms with Gasteiger partial charge < -0.3 is 0 Å². The van der Waals surface area contributed by atoms with Crippen molar-refractivity contribution in [2.45, 2.75) is 32.6 Å². The Morgan fingerprint density at radius 2 is 1.61 bits per heavy atom. The van der Waals surface area contributed by atoms with Crippen LogP contribution in [0.5, 0.6) is 0 Å². The van der Waals surface area contributed by atoms with Gasteiger partial charge in [-0.2, -0.15) is 0 Å². The molecule has 0 spiro atoms. The number of hydrogen-bond donors (Lipinski definition) is 0. The molecule has 0 bridgehead atoms. The van der Waals surface area contributed by atoms with Crippen LogP contribution < -0.4 is 0 Å². The second kappa shape index (κ2) is 5.05. The maximum atomic E-state index is 3.76. The highest BCUT2D eigenvalue weighted by Crippen LogP contribution is 2.46. The third kappa shape index (κ3) is 2.21. The molecule has 0 aliphatic heterocycles. The number of allylic oxidation sites excluding steroid dienone is 4. The van der Waals surface area contributed by atoms with Crippen LogP contribution in [0.25, 0.3) is 5.57 Å². The second-order valence-electron chi connectivity index (χ2n) is 5.54. The van der Waals surface area contributed by atoms with Gasteiger partial charge in [0.05, 0.1) is 0 Å². The van der Waals surface area contributed by atoms with Crippen LogP contribution in [0.1, 0.15) is 36.8 Å². The molecule has 2 aliphatic rings. The molecule has 0 nitrogen and oxygen atoms in total. The van der Waals surface area contributed by atoms with Crippen molar-refractivity contribution in [3.8, 4) is 0 Å². The van der Waals surface area contributed by atoms with Crippen molar-refractivity contribution in [2.75, 3.05) is 0 Å². The molecule has 94 valence electrons. The molecule has 1 fully saturated rings. The summed E-state index contributed by atoms with van der Waals surface area (Å²) in [6.07, 6.45) is 10.0. The molecule has 0 radical (unpaired) electrons. The number of aryl methyl sites for hydroxylation is 1. The summed E-state index contributed by atoms with van der Waals surface area (Å²) in [6.45, 7) is 2.15. The predicted octanol–water partition coefficient (Wildman–Crippen LogP) is 5.48. The molecule has 0 aromatic heterocycles. The molecule has 0 heterocycles. The summed E-state index contributed by atoms with van der Waals surface area (Å²) >= 11 is 3.76. The fourth-order valence-electron chi connectivity index (χ4n) is 3.31. The van der Waals surface area contributed by atoms with Gasteiger partial charge in [-0.05, 0) is 47.2 Å². The standard InChI is InChI=1S/C17H19Br/c1-12-6-8-13(9-7-12)14-10-11-17(18)16-5-3-2-4-15(14)16/h6-11,15-16H,2-5H2,1H3/t15-,16?/m1/s1. The summed E-state index contributed by atoms with van der Waals surface area (Å²) in [5.41, 5.74) is 4.30. The molecular formula is C17H19Br. The average molecular weight is 303 g/mol. The van der Waals surface area contributed by atoms with E-state index in [-0.39, 0.29) is 0 Å². The van der Waals surface area contributed by atoms with Crippen LogP contribution in [0.2, 0.25) is 0 Å². The van der Waals surface area contributed by atoms with Gasteiger partial charge in [0.15, 0.2) is 0 Å². The third-order valence-electron chi connectivity index (χ3n) is 4.33. The maximum Gasteiger partial charge on any atom is -0.00122 e. The number of benzene rings is 1. The lowest BCUT2D eigenvalue weighted by atomic mass is 9.71. The number of hydrogen-bond acceptors (Lipinski definition) is 0. The molecule has 0 amide bonds. The van der Waals surface area contributed by atoms with Gasteiger partial charge in [-0.15, -0.1) is 0 Å². The first-order valence-electron chi connectivity index (χ1n) is 6.90. The highest BCUT2D eigenvalue weighted by atomic mass is 79.9. The summed E-state index contributed by atoms with van der Waals surface area (Å²) in [6, 6.07) is 9.00. The summed E-state index contributed by atoms with van der Waals surface area (Å²) in [5.74, 6) is 1.45. The number of rotatable bonds is 1. The van der Waals surface area contributed by atoms with Gasteiger partial charge in [0.1, 0.15) is 0 Å². The van der Waals surface area contributed by atoms with E-state index >= 15 is 0 Å². The Bertz CT molecular complexity index is 493. The highest BCUT2D eigenvalue weighted by molar-refractivity contribution is 9.11. The van der Waals surface area contributed by atoms with Crippen LogP contribution in [0.4, 0.5) is 0 Å². The minimum atomic E-state index is 0.722. The first-order valence-corrected chi connectivity index (χ1v) is 7.69. The van der Waals surface area contributed by atoms with Gasteiger partial charge >= 0.3 is 0 Å². The van der Waals surface area contributed by atoms with Crippen LogP contribution in [-0.4, -0.2) is 0 Å². The van der Waals surface area contributed by atoms with Gasteiger partial charge in [-0.25, -0.2) is 0 Å². The largest absolute Gasteiger partial charge is 0.0587 e. The quantitative estimate of drug-likeness (QED) is 0.644. The summed E-state index contributed by atoms with van der Waals surface area (Å²) in [4.78, 5) is 0. The molecule has 1 heteroatoms. The fourth-order valence-corrected chi connectivity index (χ4v) is 3.99. The van der Waals surface area contributed by atoms with Crippen molar-refractivity contribution in [1.29, 1.82) is 0 Å². The van der Waals surface area contributed by atoms with Crippen LogP contribution in [0, 0.1) is 18.8 Å². The molecular weight excluding hydrogens is 284 g/mol. The lowest BCUT2D eigenvalue weighted by Gasteiger charge is -2.36. The number of fused-ring (bicyclic) bond motifs is 1. The van der Waals surface area contributed by atoms with Crippen molar-refractivity contribution in [1.82, 2.24) is 0 Å². The van der Waals surface area contributed by atoms with E-state index in [0.717, 1.165) is 11.8 Å². The Labute approximate surface area is 118 Å². The Kier molecular flexibility index (Phi) is 3.43. The second-order valence-corrected chi connectivity index (χ2v) is 6.45. The van der Waals surface area contributed by atoms with E-state index in [1.165, 1.54) is 41.3 Å². The number of halogens is 1. The summed E-state index contributed by atoms with van der Waals surface area (Å²) < 4.78 is 1.41. The molecule has 18 heavy (non-hydrogen) atoms. The predicted molar refractivity (Wildman–Crippen MR) is 81.6 cm³/mol. The van der Waals surface area contributed by atoms with Gasteiger partial charge in [0, 0.05) is 0 Å². The maximum absolute atomic E-state index is 3.76. The van der Waals surface area contributed by atoms with E-state index < -0.39 is 0 Å². The molecule has 1 aromatic rings. The monoisotopic (exact) mass is 302 g/mol. The van der Waals surface area contributed by atoms with Crippen LogP contribution in [-0.2, 0) is 0 Å². The van der Waals surface area contributed by atoms with Crippen molar-refractivity contribution < 1.29 is 0 Å². The van der Waals surface area contributed by atoms with Gasteiger partial charge in [0.25, 0.3) is 0 Å². The Hall–Kier alpha value is -0.820. The zero-order chi connectivity index (χ0) is 12.5. The molecule has 1 saturated carbocycles. The van der Waals surface area contributed by atoms with E-state index in [1.807, 2.05) is 0 Å². The van der Waals surface area contributed by atoms with E-state index in [4.69, 9.17) is 0 Å². The Morgan fingerprint density at radius 1 is 0.944 bits per heavy atom. The van der Waals surface area contributed by atoms with E-state index in [2.05, 4.69) is 59.3 Å². The van der Waals surface area contributed by atoms with Crippen molar-refractivity contribution in [2.24, 2.45) is 11.8 Å². The average Bonchev–Trinajstić information content (AvgIpc) is 2.41. The Balaban J connectivity index is 1.97. The van der Waals surface area contributed by atoms with Crippen molar-refractivity contribution >= 4 is 21.5 Å².